The predicted molar refractivity (Wildman–Crippen MR) is 137 cm³/mol. The van der Waals surface area contributed by atoms with Crippen molar-refractivity contribution >= 4 is 28.5 Å². The molecule has 36 heavy (non-hydrogen) atoms. The van der Waals surface area contributed by atoms with Gasteiger partial charge in [-0.2, -0.15) is 0 Å². The summed E-state index contributed by atoms with van der Waals surface area (Å²) in [6, 6.07) is 21.2. The molecule has 1 aromatic heterocycles. The van der Waals surface area contributed by atoms with E-state index in [1.165, 1.54) is 16.7 Å². The third kappa shape index (κ3) is 5.36. The molecule has 0 aliphatic heterocycles. The SMILES string of the molecule is COCCNC(=O)[C@H](c1ccccc1)N(C(=O)Cn1nnc2ccccc21)c1cc(C)ccc1OC. The topological polar surface area (TPSA) is 98.6 Å². The first-order valence-corrected chi connectivity index (χ1v) is 11.6. The minimum atomic E-state index is -0.957. The smallest absolute Gasteiger partial charge is 0.249 e. The minimum Gasteiger partial charge on any atom is -0.495 e. The summed E-state index contributed by atoms with van der Waals surface area (Å²) in [6.45, 7) is 2.46. The Morgan fingerprint density at radius 3 is 2.53 bits per heavy atom. The van der Waals surface area contributed by atoms with Crippen molar-refractivity contribution in [2.24, 2.45) is 0 Å². The minimum absolute atomic E-state index is 0.119. The molecule has 0 aliphatic rings. The number of carbonyl (C=O) groups is 2. The van der Waals surface area contributed by atoms with Crippen molar-refractivity contribution in [2.75, 3.05) is 32.3 Å². The number of rotatable bonds is 10. The average molecular weight is 488 g/mol. The summed E-state index contributed by atoms with van der Waals surface area (Å²) in [6.07, 6.45) is 0. The van der Waals surface area contributed by atoms with Gasteiger partial charge in [0.1, 0.15) is 23.9 Å². The summed E-state index contributed by atoms with van der Waals surface area (Å²) in [4.78, 5) is 29.1. The van der Waals surface area contributed by atoms with Crippen LogP contribution in [-0.2, 0) is 20.9 Å². The van der Waals surface area contributed by atoms with Gasteiger partial charge in [-0.25, -0.2) is 4.68 Å². The van der Waals surface area contributed by atoms with Crippen molar-refractivity contribution < 1.29 is 19.1 Å². The van der Waals surface area contributed by atoms with Gasteiger partial charge in [0.2, 0.25) is 11.8 Å². The molecule has 0 aliphatic carbocycles. The van der Waals surface area contributed by atoms with Crippen LogP contribution in [0.1, 0.15) is 17.2 Å². The van der Waals surface area contributed by atoms with E-state index < -0.39 is 6.04 Å². The molecule has 1 N–H and O–H groups in total. The second-order valence-electron chi connectivity index (χ2n) is 8.27. The van der Waals surface area contributed by atoms with Crippen LogP contribution in [0.4, 0.5) is 5.69 Å². The first-order chi connectivity index (χ1) is 17.5. The van der Waals surface area contributed by atoms with Crippen molar-refractivity contribution in [3.8, 4) is 5.75 Å². The molecule has 9 heteroatoms. The normalized spacial score (nSPS) is 11.8. The lowest BCUT2D eigenvalue weighted by atomic mass is 10.0. The monoisotopic (exact) mass is 487 g/mol. The third-order valence-electron chi connectivity index (χ3n) is 5.80. The zero-order valence-electron chi connectivity index (χ0n) is 20.5. The number of amides is 2. The number of para-hydroxylation sites is 1. The Hall–Kier alpha value is -4.24. The van der Waals surface area contributed by atoms with Crippen LogP contribution in [0.5, 0.6) is 5.75 Å². The zero-order valence-corrected chi connectivity index (χ0v) is 20.5. The van der Waals surface area contributed by atoms with E-state index in [0.29, 0.717) is 35.7 Å². The molecule has 9 nitrogen and oxygen atoms in total. The molecule has 0 fully saturated rings. The highest BCUT2D eigenvalue weighted by Crippen LogP contribution is 2.36. The van der Waals surface area contributed by atoms with Gasteiger partial charge in [0.25, 0.3) is 0 Å². The fraction of sp³-hybridized carbons (Fsp3) is 0.259. The number of hydrogen-bond donors (Lipinski definition) is 1. The number of anilines is 1. The van der Waals surface area contributed by atoms with Crippen LogP contribution in [0.2, 0.25) is 0 Å². The van der Waals surface area contributed by atoms with Gasteiger partial charge in [-0.3, -0.25) is 14.5 Å². The number of methoxy groups -OCH3 is 2. The predicted octanol–water partition coefficient (Wildman–Crippen LogP) is 3.29. The Morgan fingerprint density at radius 2 is 1.78 bits per heavy atom. The summed E-state index contributed by atoms with van der Waals surface area (Å²) in [5.74, 6) is -0.202. The molecule has 186 valence electrons. The number of nitrogens with zero attached hydrogens (tertiary/aromatic N) is 4. The van der Waals surface area contributed by atoms with Crippen LogP contribution in [-0.4, -0.2) is 54.2 Å². The molecular weight excluding hydrogens is 458 g/mol. The molecule has 4 aromatic rings. The molecule has 0 radical (unpaired) electrons. The Balaban J connectivity index is 1.82. The van der Waals surface area contributed by atoms with Crippen LogP contribution in [0.25, 0.3) is 11.0 Å². The molecule has 0 saturated carbocycles. The molecule has 0 bridgehead atoms. The van der Waals surface area contributed by atoms with E-state index in [9.17, 15) is 9.59 Å². The van der Waals surface area contributed by atoms with Gasteiger partial charge in [0.05, 0.1) is 24.9 Å². The van der Waals surface area contributed by atoms with Gasteiger partial charge in [-0.1, -0.05) is 53.7 Å². The molecular formula is C27H29N5O4. The first-order valence-electron chi connectivity index (χ1n) is 11.6. The average Bonchev–Trinajstić information content (AvgIpc) is 3.30. The van der Waals surface area contributed by atoms with Gasteiger partial charge in [-0.05, 0) is 42.3 Å². The van der Waals surface area contributed by atoms with Gasteiger partial charge >= 0.3 is 0 Å². The van der Waals surface area contributed by atoms with E-state index in [-0.39, 0.29) is 18.4 Å². The summed E-state index contributed by atoms with van der Waals surface area (Å²) in [5.41, 5.74) is 3.47. The second-order valence-corrected chi connectivity index (χ2v) is 8.27. The molecule has 0 saturated heterocycles. The molecule has 1 atom stereocenters. The Bertz CT molecular complexity index is 1340. The number of fused-ring (bicyclic) bond motifs is 1. The van der Waals surface area contributed by atoms with Crippen molar-refractivity contribution in [1.82, 2.24) is 20.3 Å². The number of aryl methyl sites for hydroxylation is 1. The fourth-order valence-corrected chi connectivity index (χ4v) is 4.07. The summed E-state index contributed by atoms with van der Waals surface area (Å²) in [5, 5.41) is 11.2. The van der Waals surface area contributed by atoms with Gasteiger partial charge in [0.15, 0.2) is 0 Å². The van der Waals surface area contributed by atoms with E-state index in [1.807, 2.05) is 73.7 Å². The first kappa shape index (κ1) is 24.9. The van der Waals surface area contributed by atoms with Gasteiger partial charge < -0.3 is 14.8 Å². The molecule has 3 aromatic carbocycles. The number of ether oxygens (including phenoxy) is 2. The Kier molecular flexibility index (Phi) is 7.92. The molecule has 2 amide bonds. The van der Waals surface area contributed by atoms with E-state index in [1.54, 1.807) is 13.2 Å². The Morgan fingerprint density at radius 1 is 1.03 bits per heavy atom. The maximum Gasteiger partial charge on any atom is 0.249 e. The number of hydrogen-bond acceptors (Lipinski definition) is 6. The molecule has 0 spiro atoms. The highest BCUT2D eigenvalue weighted by Gasteiger charge is 2.34. The van der Waals surface area contributed by atoms with Crippen molar-refractivity contribution in [1.29, 1.82) is 0 Å². The second kappa shape index (κ2) is 11.5. The fourth-order valence-electron chi connectivity index (χ4n) is 4.07. The zero-order chi connectivity index (χ0) is 25.5. The third-order valence-corrected chi connectivity index (χ3v) is 5.80. The maximum absolute atomic E-state index is 14.1. The van der Waals surface area contributed by atoms with E-state index in [0.717, 1.165) is 11.1 Å². The summed E-state index contributed by atoms with van der Waals surface area (Å²) >= 11 is 0. The van der Waals surface area contributed by atoms with Crippen LogP contribution < -0.4 is 15.0 Å². The lowest BCUT2D eigenvalue weighted by molar-refractivity contribution is -0.127. The van der Waals surface area contributed by atoms with Crippen molar-refractivity contribution in [3.63, 3.8) is 0 Å². The van der Waals surface area contributed by atoms with Crippen LogP contribution in [0.3, 0.4) is 0 Å². The van der Waals surface area contributed by atoms with Crippen molar-refractivity contribution in [2.45, 2.75) is 19.5 Å². The largest absolute Gasteiger partial charge is 0.495 e. The number of nitrogens with one attached hydrogen (secondary N) is 1. The lowest BCUT2D eigenvalue weighted by Gasteiger charge is -2.32. The van der Waals surface area contributed by atoms with Gasteiger partial charge in [-0.15, -0.1) is 5.10 Å². The standard InChI is InChI=1S/C27H29N5O4/c1-19-13-14-24(36-3)23(17-19)32(25(33)18-31-22-12-8-7-11-21(22)29-30-31)26(20-9-5-4-6-10-20)27(34)28-15-16-35-2/h4-14,17,26H,15-16,18H2,1-3H3,(H,28,34)/t26-/m0/s1. The number of aromatic nitrogens is 3. The summed E-state index contributed by atoms with van der Waals surface area (Å²) in [7, 11) is 3.11. The van der Waals surface area contributed by atoms with E-state index in [2.05, 4.69) is 15.6 Å². The Labute approximate surface area is 209 Å². The van der Waals surface area contributed by atoms with Crippen molar-refractivity contribution in [3.05, 3.63) is 83.9 Å². The van der Waals surface area contributed by atoms with Gasteiger partial charge in [0, 0.05) is 13.7 Å². The van der Waals surface area contributed by atoms with Crippen LogP contribution >= 0.6 is 0 Å². The highest BCUT2D eigenvalue weighted by molar-refractivity contribution is 6.02. The van der Waals surface area contributed by atoms with E-state index in [4.69, 9.17) is 9.47 Å². The van der Waals surface area contributed by atoms with Crippen LogP contribution in [0.15, 0.2) is 72.8 Å². The molecule has 4 rings (SSSR count). The number of benzene rings is 3. The van der Waals surface area contributed by atoms with E-state index >= 15 is 0 Å². The molecule has 0 unspecified atom stereocenters. The number of carbonyl (C=O) groups excluding carboxylic acids is 2. The van der Waals surface area contributed by atoms with Crippen LogP contribution in [0, 0.1) is 6.92 Å². The molecule has 1 heterocycles. The lowest BCUT2D eigenvalue weighted by Crippen LogP contribution is -2.46. The maximum atomic E-state index is 14.1. The highest BCUT2D eigenvalue weighted by atomic mass is 16.5. The summed E-state index contributed by atoms with van der Waals surface area (Å²) < 4.78 is 12.3. The quantitative estimate of drug-likeness (QED) is 0.345.